The molecule has 2 saturated heterocycles. The Kier molecular flexibility index (Phi) is 5.26. The van der Waals surface area contributed by atoms with E-state index in [2.05, 4.69) is 19.2 Å². The van der Waals surface area contributed by atoms with Crippen LogP contribution in [0.1, 0.15) is 46.0 Å². The lowest BCUT2D eigenvalue weighted by atomic mass is 9.89. The van der Waals surface area contributed by atoms with Crippen molar-refractivity contribution in [3.05, 3.63) is 0 Å². The van der Waals surface area contributed by atoms with Gasteiger partial charge in [0.15, 0.2) is 0 Å². The average Bonchev–Trinajstić information content (AvgIpc) is 2.66. The van der Waals surface area contributed by atoms with Gasteiger partial charge in [0, 0.05) is 19.6 Å². The van der Waals surface area contributed by atoms with E-state index in [-0.39, 0.29) is 5.25 Å². The first-order chi connectivity index (χ1) is 9.01. The van der Waals surface area contributed by atoms with Gasteiger partial charge in [0.1, 0.15) is 0 Å². The minimum Gasteiger partial charge on any atom is -0.315 e. The minimum absolute atomic E-state index is 0.197. The van der Waals surface area contributed by atoms with E-state index in [4.69, 9.17) is 0 Å². The molecular weight excluding hydrogens is 260 g/mol. The quantitative estimate of drug-likeness (QED) is 0.862. The van der Waals surface area contributed by atoms with E-state index < -0.39 is 10.0 Å². The van der Waals surface area contributed by atoms with Crippen LogP contribution in [0.5, 0.6) is 0 Å². The summed E-state index contributed by atoms with van der Waals surface area (Å²) in [5, 5.41) is 3.02. The third-order valence-electron chi connectivity index (χ3n) is 4.71. The first-order valence-electron chi connectivity index (χ1n) is 7.71. The molecular formula is C14H28N2O2S. The Hall–Kier alpha value is -0.130. The molecule has 4 nitrogen and oxygen atoms in total. The summed E-state index contributed by atoms with van der Waals surface area (Å²) in [6.07, 6.45) is 5.01. The highest BCUT2D eigenvalue weighted by Gasteiger charge is 2.34. The van der Waals surface area contributed by atoms with E-state index in [1.807, 2.05) is 0 Å². The van der Waals surface area contributed by atoms with Gasteiger partial charge in [-0.1, -0.05) is 13.8 Å². The van der Waals surface area contributed by atoms with Crippen molar-refractivity contribution in [1.29, 1.82) is 0 Å². The Labute approximate surface area is 118 Å². The highest BCUT2D eigenvalue weighted by Crippen LogP contribution is 2.27. The minimum atomic E-state index is -3.09. The average molecular weight is 288 g/mol. The number of hydrogen-bond donors (Lipinski definition) is 1. The molecule has 2 aliphatic rings. The summed E-state index contributed by atoms with van der Waals surface area (Å²) in [7, 11) is -3.09. The van der Waals surface area contributed by atoms with Crippen molar-refractivity contribution in [1.82, 2.24) is 9.62 Å². The van der Waals surface area contributed by atoms with Gasteiger partial charge in [-0.2, -0.15) is 0 Å². The molecule has 2 aliphatic heterocycles. The van der Waals surface area contributed by atoms with Crippen LogP contribution in [-0.4, -0.2) is 44.2 Å². The van der Waals surface area contributed by atoms with Gasteiger partial charge < -0.3 is 5.32 Å². The summed E-state index contributed by atoms with van der Waals surface area (Å²) >= 11 is 0. The maximum Gasteiger partial charge on any atom is 0.218 e. The molecule has 0 radical (unpaired) electrons. The Morgan fingerprint density at radius 1 is 1.11 bits per heavy atom. The number of rotatable bonds is 3. The summed E-state index contributed by atoms with van der Waals surface area (Å²) in [5.41, 5.74) is 0. The standard InChI is InChI=1S/C14H28N2O2S/c1-12(2)13-5-4-9-16(10-7-13)19(17,18)14-6-3-8-15-11-14/h12-15H,3-11H2,1-2H3. The monoisotopic (exact) mass is 288 g/mol. The Balaban J connectivity index is 2.00. The third kappa shape index (κ3) is 3.70. The summed E-state index contributed by atoms with van der Waals surface area (Å²) in [6, 6.07) is 0. The van der Waals surface area contributed by atoms with Crippen LogP contribution >= 0.6 is 0 Å². The van der Waals surface area contributed by atoms with Gasteiger partial charge in [-0.25, -0.2) is 12.7 Å². The zero-order valence-electron chi connectivity index (χ0n) is 12.3. The van der Waals surface area contributed by atoms with Gasteiger partial charge in [-0.15, -0.1) is 0 Å². The SMILES string of the molecule is CC(C)C1CCCN(S(=O)(=O)C2CCCNC2)CC1. The lowest BCUT2D eigenvalue weighted by Gasteiger charge is -2.29. The predicted octanol–water partition coefficient (Wildman–Crippen LogP) is 1.83. The van der Waals surface area contributed by atoms with E-state index in [0.29, 0.717) is 18.4 Å². The predicted molar refractivity (Wildman–Crippen MR) is 78.6 cm³/mol. The van der Waals surface area contributed by atoms with Crippen molar-refractivity contribution >= 4 is 10.0 Å². The van der Waals surface area contributed by atoms with Crippen molar-refractivity contribution in [2.75, 3.05) is 26.2 Å². The van der Waals surface area contributed by atoms with Crippen LogP contribution in [0.4, 0.5) is 0 Å². The second-order valence-corrected chi connectivity index (χ2v) is 8.56. The second-order valence-electron chi connectivity index (χ2n) is 6.35. The fraction of sp³-hybridized carbons (Fsp3) is 1.00. The second kappa shape index (κ2) is 6.55. The van der Waals surface area contributed by atoms with Crippen LogP contribution in [0.3, 0.4) is 0 Å². The van der Waals surface area contributed by atoms with Gasteiger partial charge in [0.2, 0.25) is 10.0 Å². The van der Waals surface area contributed by atoms with Gasteiger partial charge in [0.05, 0.1) is 5.25 Å². The van der Waals surface area contributed by atoms with E-state index in [1.54, 1.807) is 4.31 Å². The first-order valence-corrected chi connectivity index (χ1v) is 9.22. The first kappa shape index (κ1) is 15.3. The summed E-state index contributed by atoms with van der Waals surface area (Å²) < 4.78 is 27.1. The van der Waals surface area contributed by atoms with Crippen molar-refractivity contribution in [3.8, 4) is 0 Å². The highest BCUT2D eigenvalue weighted by atomic mass is 32.2. The fourth-order valence-corrected chi connectivity index (χ4v) is 5.26. The molecule has 2 heterocycles. The number of nitrogens with zero attached hydrogens (tertiary/aromatic N) is 1. The maximum atomic E-state index is 12.7. The number of sulfonamides is 1. The Morgan fingerprint density at radius 2 is 1.89 bits per heavy atom. The highest BCUT2D eigenvalue weighted by molar-refractivity contribution is 7.89. The molecule has 2 fully saturated rings. The van der Waals surface area contributed by atoms with Gasteiger partial charge in [-0.3, -0.25) is 0 Å². The molecule has 0 amide bonds. The molecule has 2 unspecified atom stereocenters. The molecule has 0 aromatic carbocycles. The largest absolute Gasteiger partial charge is 0.315 e. The smallest absolute Gasteiger partial charge is 0.218 e. The molecule has 0 aliphatic carbocycles. The van der Waals surface area contributed by atoms with E-state index in [9.17, 15) is 8.42 Å². The molecule has 0 bridgehead atoms. The van der Waals surface area contributed by atoms with Crippen LogP contribution < -0.4 is 5.32 Å². The zero-order chi connectivity index (χ0) is 13.9. The molecule has 0 aromatic heterocycles. The molecule has 1 N–H and O–H groups in total. The molecule has 19 heavy (non-hydrogen) atoms. The van der Waals surface area contributed by atoms with Gasteiger partial charge in [-0.05, 0) is 50.5 Å². The lowest BCUT2D eigenvalue weighted by molar-refractivity contribution is 0.339. The fourth-order valence-electron chi connectivity index (χ4n) is 3.30. The summed E-state index contributed by atoms with van der Waals surface area (Å²) in [4.78, 5) is 0. The Bertz CT molecular complexity index is 375. The van der Waals surface area contributed by atoms with Gasteiger partial charge >= 0.3 is 0 Å². The van der Waals surface area contributed by atoms with Crippen molar-refractivity contribution in [3.63, 3.8) is 0 Å². The lowest BCUT2D eigenvalue weighted by Crippen LogP contribution is -2.46. The van der Waals surface area contributed by atoms with Crippen molar-refractivity contribution in [2.45, 2.75) is 51.2 Å². The molecule has 2 rings (SSSR count). The molecule has 112 valence electrons. The van der Waals surface area contributed by atoms with E-state index >= 15 is 0 Å². The normalized spacial score (nSPS) is 31.3. The Morgan fingerprint density at radius 3 is 2.53 bits per heavy atom. The summed E-state index contributed by atoms with van der Waals surface area (Å²) in [6.45, 7) is 7.54. The van der Waals surface area contributed by atoms with Crippen LogP contribution in [0.25, 0.3) is 0 Å². The molecule has 0 aromatic rings. The number of hydrogen-bond acceptors (Lipinski definition) is 3. The molecule has 5 heteroatoms. The third-order valence-corrected chi connectivity index (χ3v) is 7.04. The van der Waals surface area contributed by atoms with Crippen molar-refractivity contribution in [2.24, 2.45) is 11.8 Å². The van der Waals surface area contributed by atoms with Gasteiger partial charge in [0.25, 0.3) is 0 Å². The number of piperidine rings is 1. The molecule has 2 atom stereocenters. The van der Waals surface area contributed by atoms with E-state index in [0.717, 1.165) is 45.3 Å². The van der Waals surface area contributed by atoms with Crippen LogP contribution in [0.2, 0.25) is 0 Å². The van der Waals surface area contributed by atoms with E-state index in [1.165, 1.54) is 6.42 Å². The maximum absolute atomic E-state index is 12.7. The topological polar surface area (TPSA) is 49.4 Å². The zero-order valence-corrected chi connectivity index (χ0v) is 13.1. The van der Waals surface area contributed by atoms with Crippen LogP contribution in [-0.2, 0) is 10.0 Å². The number of nitrogens with one attached hydrogen (secondary N) is 1. The summed E-state index contributed by atoms with van der Waals surface area (Å²) in [5.74, 6) is 1.35. The van der Waals surface area contributed by atoms with Crippen molar-refractivity contribution < 1.29 is 8.42 Å². The van der Waals surface area contributed by atoms with Crippen LogP contribution in [0.15, 0.2) is 0 Å². The van der Waals surface area contributed by atoms with Crippen LogP contribution in [0, 0.1) is 11.8 Å². The molecule has 0 saturated carbocycles. The molecule has 0 spiro atoms.